The summed E-state index contributed by atoms with van der Waals surface area (Å²) in [5.41, 5.74) is 0.588. The monoisotopic (exact) mass is 258 g/mol. The molecule has 0 amide bonds. The molecule has 4 nitrogen and oxygen atoms in total. The third-order valence-corrected chi connectivity index (χ3v) is 2.52. The van der Waals surface area contributed by atoms with Crippen LogP contribution in [0.15, 0.2) is 22.7 Å². The number of benzene rings is 1. The van der Waals surface area contributed by atoms with Gasteiger partial charge in [-0.15, -0.1) is 0 Å². The summed E-state index contributed by atoms with van der Waals surface area (Å²) >= 11 is 11.7. The van der Waals surface area contributed by atoms with Gasteiger partial charge in [-0.25, -0.2) is 0 Å². The number of hydrogen-bond acceptors (Lipinski definition) is 4. The van der Waals surface area contributed by atoms with Crippen LogP contribution in [0, 0.1) is 0 Å². The number of halogens is 2. The summed E-state index contributed by atoms with van der Waals surface area (Å²) in [5.74, 6) is 0.485. The molecule has 0 aliphatic rings. The van der Waals surface area contributed by atoms with E-state index in [0.29, 0.717) is 15.6 Å². The van der Waals surface area contributed by atoms with E-state index in [1.165, 1.54) is 0 Å². The van der Waals surface area contributed by atoms with Crippen LogP contribution in [-0.4, -0.2) is 15.2 Å². The van der Waals surface area contributed by atoms with Gasteiger partial charge in [0.15, 0.2) is 5.82 Å². The molecule has 1 N–H and O–H groups in total. The van der Waals surface area contributed by atoms with Crippen molar-refractivity contribution in [1.29, 1.82) is 0 Å². The molecule has 2 aromatic rings. The molecule has 1 aromatic heterocycles. The van der Waals surface area contributed by atoms with E-state index in [9.17, 15) is 5.11 Å². The molecule has 1 unspecified atom stereocenters. The summed E-state index contributed by atoms with van der Waals surface area (Å²) < 4.78 is 4.98. The first-order valence-electron chi connectivity index (χ1n) is 4.55. The van der Waals surface area contributed by atoms with E-state index in [4.69, 9.17) is 27.7 Å². The van der Waals surface area contributed by atoms with Gasteiger partial charge in [-0.2, -0.15) is 4.98 Å². The smallest absolute Gasteiger partial charge is 0.259 e. The Hall–Kier alpha value is -1.10. The number of aromatic nitrogens is 2. The maximum absolute atomic E-state index is 9.26. The van der Waals surface area contributed by atoms with Crippen molar-refractivity contribution in [3.63, 3.8) is 0 Å². The zero-order valence-electron chi connectivity index (χ0n) is 8.32. The van der Waals surface area contributed by atoms with Crippen molar-refractivity contribution < 1.29 is 9.63 Å². The summed E-state index contributed by atoms with van der Waals surface area (Å²) in [6.45, 7) is 1.55. The van der Waals surface area contributed by atoms with Gasteiger partial charge < -0.3 is 9.63 Å². The van der Waals surface area contributed by atoms with Gasteiger partial charge in [-0.05, 0) is 25.1 Å². The Bertz CT molecular complexity index is 511. The minimum Gasteiger partial charge on any atom is -0.385 e. The average molecular weight is 259 g/mol. The third kappa shape index (κ3) is 2.19. The van der Waals surface area contributed by atoms with Crippen LogP contribution in [0.5, 0.6) is 0 Å². The van der Waals surface area contributed by atoms with Gasteiger partial charge >= 0.3 is 0 Å². The van der Waals surface area contributed by atoms with Crippen LogP contribution >= 0.6 is 23.2 Å². The van der Waals surface area contributed by atoms with E-state index in [1.807, 2.05) is 0 Å². The van der Waals surface area contributed by atoms with E-state index < -0.39 is 6.10 Å². The number of aliphatic hydroxyl groups excluding tert-OH is 1. The second kappa shape index (κ2) is 4.41. The second-order valence-electron chi connectivity index (χ2n) is 3.26. The highest BCUT2D eigenvalue weighted by molar-refractivity contribution is 6.36. The molecule has 0 spiro atoms. The Labute approximate surface area is 102 Å². The molecule has 2 rings (SSSR count). The Balaban J connectivity index is 2.42. The highest BCUT2D eigenvalue weighted by Gasteiger charge is 2.14. The lowest BCUT2D eigenvalue weighted by atomic mass is 10.2. The van der Waals surface area contributed by atoms with Crippen LogP contribution in [0.1, 0.15) is 18.9 Å². The topological polar surface area (TPSA) is 59.2 Å². The van der Waals surface area contributed by atoms with Gasteiger partial charge in [0.1, 0.15) is 6.10 Å². The van der Waals surface area contributed by atoms with Crippen LogP contribution in [0.25, 0.3) is 11.5 Å². The van der Waals surface area contributed by atoms with E-state index in [2.05, 4.69) is 10.1 Å². The number of hydrogen-bond donors (Lipinski definition) is 1. The Morgan fingerprint density at radius 2 is 2.12 bits per heavy atom. The fourth-order valence-electron chi connectivity index (χ4n) is 1.18. The normalized spacial score (nSPS) is 12.8. The lowest BCUT2D eigenvalue weighted by Crippen LogP contribution is -1.93. The number of rotatable bonds is 2. The molecule has 1 heterocycles. The first-order valence-corrected chi connectivity index (χ1v) is 5.30. The number of nitrogens with zero attached hydrogens (tertiary/aromatic N) is 2. The predicted molar refractivity (Wildman–Crippen MR) is 60.4 cm³/mol. The summed E-state index contributed by atoms with van der Waals surface area (Å²) in [4.78, 5) is 4.02. The Morgan fingerprint density at radius 1 is 1.38 bits per heavy atom. The Kier molecular flexibility index (Phi) is 3.14. The fourth-order valence-corrected chi connectivity index (χ4v) is 1.67. The Morgan fingerprint density at radius 3 is 2.69 bits per heavy atom. The maximum Gasteiger partial charge on any atom is 0.259 e. The standard InChI is InChI=1S/C10H8Cl2N2O2/c1-5(15)9-13-10(16-14-9)7-3-2-6(11)4-8(7)12/h2-5,15H,1H3. The molecular formula is C10H8Cl2N2O2. The molecule has 0 saturated carbocycles. The van der Waals surface area contributed by atoms with Gasteiger partial charge in [0, 0.05) is 5.02 Å². The molecule has 0 saturated heterocycles. The minimum atomic E-state index is -0.774. The molecular weight excluding hydrogens is 251 g/mol. The van der Waals surface area contributed by atoms with Crippen molar-refractivity contribution in [2.24, 2.45) is 0 Å². The highest BCUT2D eigenvalue weighted by Crippen LogP contribution is 2.29. The van der Waals surface area contributed by atoms with Crippen molar-refractivity contribution in [2.45, 2.75) is 13.0 Å². The second-order valence-corrected chi connectivity index (χ2v) is 4.10. The maximum atomic E-state index is 9.26. The molecule has 1 aromatic carbocycles. The lowest BCUT2D eigenvalue weighted by molar-refractivity contribution is 0.184. The van der Waals surface area contributed by atoms with E-state index in [1.54, 1.807) is 25.1 Å². The van der Waals surface area contributed by atoms with Crippen molar-refractivity contribution in [3.8, 4) is 11.5 Å². The largest absolute Gasteiger partial charge is 0.385 e. The molecule has 0 fully saturated rings. The SMILES string of the molecule is CC(O)c1noc(-c2ccc(Cl)cc2Cl)n1. The fraction of sp³-hybridized carbons (Fsp3) is 0.200. The molecule has 1 atom stereocenters. The zero-order valence-corrected chi connectivity index (χ0v) is 9.83. The van der Waals surface area contributed by atoms with Crippen LogP contribution in [0.3, 0.4) is 0 Å². The summed E-state index contributed by atoms with van der Waals surface area (Å²) in [5, 5.41) is 13.8. The first-order chi connectivity index (χ1) is 7.58. The van der Waals surface area contributed by atoms with E-state index in [-0.39, 0.29) is 11.7 Å². The van der Waals surface area contributed by atoms with Crippen LogP contribution in [0.4, 0.5) is 0 Å². The van der Waals surface area contributed by atoms with Crippen molar-refractivity contribution in [1.82, 2.24) is 10.1 Å². The predicted octanol–water partition coefficient (Wildman–Crippen LogP) is 3.10. The molecule has 0 radical (unpaired) electrons. The zero-order chi connectivity index (χ0) is 11.7. The van der Waals surface area contributed by atoms with Gasteiger partial charge in [0.25, 0.3) is 5.89 Å². The summed E-state index contributed by atoms with van der Waals surface area (Å²) in [6, 6.07) is 4.95. The van der Waals surface area contributed by atoms with Crippen LogP contribution in [0.2, 0.25) is 10.0 Å². The molecule has 0 aliphatic heterocycles. The van der Waals surface area contributed by atoms with Gasteiger partial charge in [-0.3, -0.25) is 0 Å². The molecule has 16 heavy (non-hydrogen) atoms. The van der Waals surface area contributed by atoms with Crippen molar-refractivity contribution >= 4 is 23.2 Å². The van der Waals surface area contributed by atoms with Crippen molar-refractivity contribution in [2.75, 3.05) is 0 Å². The molecule has 6 heteroatoms. The molecule has 0 aliphatic carbocycles. The van der Waals surface area contributed by atoms with Crippen LogP contribution < -0.4 is 0 Å². The quantitative estimate of drug-likeness (QED) is 0.900. The lowest BCUT2D eigenvalue weighted by Gasteiger charge is -1.98. The highest BCUT2D eigenvalue weighted by atomic mass is 35.5. The van der Waals surface area contributed by atoms with E-state index in [0.717, 1.165) is 0 Å². The van der Waals surface area contributed by atoms with Crippen LogP contribution in [-0.2, 0) is 0 Å². The number of aliphatic hydroxyl groups is 1. The minimum absolute atomic E-state index is 0.223. The first kappa shape index (κ1) is 11.4. The van der Waals surface area contributed by atoms with Gasteiger partial charge in [0.2, 0.25) is 0 Å². The third-order valence-electron chi connectivity index (χ3n) is 1.98. The van der Waals surface area contributed by atoms with Crippen molar-refractivity contribution in [3.05, 3.63) is 34.1 Å². The summed E-state index contributed by atoms with van der Waals surface area (Å²) in [6.07, 6.45) is -0.774. The van der Waals surface area contributed by atoms with Gasteiger partial charge in [0.05, 0.1) is 10.6 Å². The molecule has 84 valence electrons. The van der Waals surface area contributed by atoms with E-state index >= 15 is 0 Å². The van der Waals surface area contributed by atoms with Gasteiger partial charge in [-0.1, -0.05) is 28.4 Å². The summed E-state index contributed by atoms with van der Waals surface area (Å²) in [7, 11) is 0. The average Bonchev–Trinajstić information content (AvgIpc) is 2.66. The molecule has 0 bridgehead atoms.